The zero-order valence-electron chi connectivity index (χ0n) is 19.6. The molecule has 8 heteroatoms. The Balaban J connectivity index is 1.44. The lowest BCUT2D eigenvalue weighted by Crippen LogP contribution is -2.41. The van der Waals surface area contributed by atoms with Gasteiger partial charge in [-0.3, -0.25) is 4.79 Å². The SMILES string of the molecule is Cc1ccc(CN(C)C(=O)C2CCN(c3nc(C)c4ccc(S(C)(=O)=O)cc4n3)CC2)cc1. The van der Waals surface area contributed by atoms with Crippen molar-refractivity contribution < 1.29 is 13.2 Å². The van der Waals surface area contributed by atoms with Crippen LogP contribution in [0.4, 0.5) is 5.95 Å². The molecule has 2 heterocycles. The number of piperidine rings is 1. The summed E-state index contributed by atoms with van der Waals surface area (Å²) in [7, 11) is -1.45. The number of aromatic nitrogens is 2. The van der Waals surface area contributed by atoms with Gasteiger partial charge in [-0.25, -0.2) is 18.4 Å². The minimum atomic E-state index is -3.31. The number of benzene rings is 2. The van der Waals surface area contributed by atoms with Gasteiger partial charge in [-0.05, 0) is 50.5 Å². The van der Waals surface area contributed by atoms with Crippen molar-refractivity contribution in [2.24, 2.45) is 5.92 Å². The van der Waals surface area contributed by atoms with Crippen molar-refractivity contribution in [3.8, 4) is 0 Å². The fourth-order valence-electron chi connectivity index (χ4n) is 4.31. The molecule has 0 atom stereocenters. The highest BCUT2D eigenvalue weighted by Gasteiger charge is 2.28. The summed E-state index contributed by atoms with van der Waals surface area (Å²) in [5.74, 6) is 0.739. The van der Waals surface area contributed by atoms with E-state index >= 15 is 0 Å². The van der Waals surface area contributed by atoms with Crippen LogP contribution in [0.15, 0.2) is 47.4 Å². The molecule has 0 bridgehead atoms. The van der Waals surface area contributed by atoms with E-state index < -0.39 is 9.84 Å². The van der Waals surface area contributed by atoms with Crippen molar-refractivity contribution in [2.75, 3.05) is 31.3 Å². The van der Waals surface area contributed by atoms with Crippen molar-refractivity contribution in [1.82, 2.24) is 14.9 Å². The molecule has 0 unspecified atom stereocenters. The Morgan fingerprint density at radius 1 is 1.06 bits per heavy atom. The lowest BCUT2D eigenvalue weighted by molar-refractivity contribution is -0.135. The first-order valence-electron chi connectivity index (χ1n) is 11.2. The predicted octanol–water partition coefficient (Wildman–Crippen LogP) is 3.53. The Bertz CT molecular complexity index is 1280. The van der Waals surface area contributed by atoms with Crippen molar-refractivity contribution in [3.05, 3.63) is 59.3 Å². The van der Waals surface area contributed by atoms with Gasteiger partial charge < -0.3 is 9.80 Å². The lowest BCUT2D eigenvalue weighted by atomic mass is 9.95. The zero-order chi connectivity index (χ0) is 23.8. The number of anilines is 1. The van der Waals surface area contributed by atoms with Crippen molar-refractivity contribution in [3.63, 3.8) is 0 Å². The molecule has 1 saturated heterocycles. The number of hydrogen-bond donors (Lipinski definition) is 0. The topological polar surface area (TPSA) is 83.5 Å². The number of fused-ring (bicyclic) bond motifs is 1. The Morgan fingerprint density at radius 2 is 1.73 bits per heavy atom. The van der Waals surface area contributed by atoms with Crippen LogP contribution in [0.3, 0.4) is 0 Å². The Kier molecular flexibility index (Phi) is 6.38. The van der Waals surface area contributed by atoms with E-state index in [4.69, 9.17) is 0 Å². The summed E-state index contributed by atoms with van der Waals surface area (Å²) in [4.78, 5) is 26.5. The van der Waals surface area contributed by atoms with Gasteiger partial charge in [0.25, 0.3) is 0 Å². The van der Waals surface area contributed by atoms with Crippen LogP contribution in [0.2, 0.25) is 0 Å². The molecule has 1 aromatic heterocycles. The zero-order valence-corrected chi connectivity index (χ0v) is 20.4. The van der Waals surface area contributed by atoms with Gasteiger partial charge in [0.2, 0.25) is 11.9 Å². The molecule has 1 amide bonds. The van der Waals surface area contributed by atoms with Crippen LogP contribution in [-0.4, -0.2) is 55.6 Å². The standard InChI is InChI=1S/C25H30N4O3S/c1-17-5-7-19(8-6-17)16-28(3)24(30)20-11-13-29(14-12-20)25-26-18(2)22-10-9-21(33(4,31)32)15-23(22)27-25/h5-10,15,20H,11-14,16H2,1-4H3. The van der Waals surface area contributed by atoms with Crippen LogP contribution < -0.4 is 4.90 Å². The first kappa shape index (κ1) is 23.2. The summed E-state index contributed by atoms with van der Waals surface area (Å²) in [6.45, 7) is 5.94. The maximum atomic E-state index is 13.0. The van der Waals surface area contributed by atoms with Gasteiger partial charge in [-0.15, -0.1) is 0 Å². The third-order valence-electron chi connectivity index (χ3n) is 6.32. The number of hydrogen-bond acceptors (Lipinski definition) is 6. The molecule has 0 saturated carbocycles. The molecule has 4 rings (SSSR count). The molecule has 1 fully saturated rings. The number of carbonyl (C=O) groups is 1. The monoisotopic (exact) mass is 466 g/mol. The molecule has 3 aromatic rings. The van der Waals surface area contributed by atoms with Crippen LogP contribution >= 0.6 is 0 Å². The second-order valence-electron chi connectivity index (χ2n) is 9.00. The first-order valence-corrected chi connectivity index (χ1v) is 13.0. The molecule has 33 heavy (non-hydrogen) atoms. The summed E-state index contributed by atoms with van der Waals surface area (Å²) in [5, 5.41) is 0.842. The van der Waals surface area contributed by atoms with Crippen LogP contribution in [0.5, 0.6) is 0 Å². The van der Waals surface area contributed by atoms with E-state index in [1.54, 1.807) is 18.2 Å². The molecule has 7 nitrogen and oxygen atoms in total. The molecule has 0 spiro atoms. The van der Waals surface area contributed by atoms with E-state index in [9.17, 15) is 13.2 Å². The third-order valence-corrected chi connectivity index (χ3v) is 7.43. The van der Waals surface area contributed by atoms with E-state index in [0.717, 1.165) is 29.5 Å². The Labute approximate surface area is 195 Å². The number of carbonyl (C=O) groups excluding carboxylic acids is 1. The average molecular weight is 467 g/mol. The highest BCUT2D eigenvalue weighted by molar-refractivity contribution is 7.90. The van der Waals surface area contributed by atoms with Crippen molar-refractivity contribution >= 4 is 32.6 Å². The molecule has 174 valence electrons. The Hall–Kier alpha value is -3.00. The first-order chi connectivity index (χ1) is 15.6. The summed E-state index contributed by atoms with van der Waals surface area (Å²) < 4.78 is 23.9. The van der Waals surface area contributed by atoms with Gasteiger partial charge in [0.15, 0.2) is 9.84 Å². The van der Waals surface area contributed by atoms with Crippen molar-refractivity contribution in [1.29, 1.82) is 0 Å². The van der Waals surface area contributed by atoms with Gasteiger partial charge in [-0.2, -0.15) is 0 Å². The number of amides is 1. The quantitative estimate of drug-likeness (QED) is 0.572. The van der Waals surface area contributed by atoms with Crippen LogP contribution in [0.1, 0.15) is 29.7 Å². The fraction of sp³-hybridized carbons (Fsp3) is 0.400. The molecular weight excluding hydrogens is 436 g/mol. The maximum Gasteiger partial charge on any atom is 0.226 e. The molecule has 2 aromatic carbocycles. The van der Waals surface area contributed by atoms with Gasteiger partial charge in [-0.1, -0.05) is 29.8 Å². The normalized spacial score (nSPS) is 15.1. The van der Waals surface area contributed by atoms with Gasteiger partial charge in [0.1, 0.15) is 0 Å². The summed E-state index contributed by atoms with van der Waals surface area (Å²) in [6, 6.07) is 13.2. The Morgan fingerprint density at radius 3 is 2.36 bits per heavy atom. The van der Waals surface area contributed by atoms with Gasteiger partial charge in [0.05, 0.1) is 16.1 Å². The second-order valence-corrected chi connectivity index (χ2v) is 11.0. The molecular formula is C25H30N4O3S. The number of nitrogens with zero attached hydrogens (tertiary/aromatic N) is 4. The van der Waals surface area contributed by atoms with Crippen LogP contribution in [0.25, 0.3) is 10.9 Å². The second kappa shape index (κ2) is 9.09. The lowest BCUT2D eigenvalue weighted by Gasteiger charge is -2.33. The number of aryl methyl sites for hydroxylation is 2. The van der Waals surface area contributed by atoms with Gasteiger partial charge >= 0.3 is 0 Å². The highest BCUT2D eigenvalue weighted by atomic mass is 32.2. The summed E-state index contributed by atoms with van der Waals surface area (Å²) in [6.07, 6.45) is 2.67. The van der Waals surface area contributed by atoms with Crippen LogP contribution in [0, 0.1) is 19.8 Å². The van der Waals surface area contributed by atoms with Crippen molar-refractivity contribution in [2.45, 2.75) is 38.1 Å². The number of sulfone groups is 1. The molecule has 0 radical (unpaired) electrons. The molecule has 1 aliphatic heterocycles. The smallest absolute Gasteiger partial charge is 0.226 e. The summed E-state index contributed by atoms with van der Waals surface area (Å²) in [5.41, 5.74) is 3.77. The molecule has 0 N–H and O–H groups in total. The van der Waals surface area contributed by atoms with Crippen LogP contribution in [-0.2, 0) is 21.2 Å². The largest absolute Gasteiger partial charge is 0.341 e. The summed E-state index contributed by atoms with van der Waals surface area (Å²) >= 11 is 0. The van der Waals surface area contributed by atoms with E-state index in [1.807, 2.05) is 18.9 Å². The predicted molar refractivity (Wildman–Crippen MR) is 130 cm³/mol. The molecule has 1 aliphatic rings. The average Bonchev–Trinajstić information content (AvgIpc) is 2.79. The fourth-order valence-corrected chi connectivity index (χ4v) is 4.95. The van der Waals surface area contributed by atoms with Gasteiger partial charge in [0, 0.05) is 44.2 Å². The van der Waals surface area contributed by atoms with E-state index in [1.165, 1.54) is 11.8 Å². The third kappa shape index (κ3) is 5.16. The number of rotatable bonds is 5. The van der Waals surface area contributed by atoms with E-state index in [-0.39, 0.29) is 16.7 Å². The maximum absolute atomic E-state index is 13.0. The minimum absolute atomic E-state index is 0.0184. The highest BCUT2D eigenvalue weighted by Crippen LogP contribution is 2.26. The molecule has 0 aliphatic carbocycles. The van der Waals surface area contributed by atoms with E-state index in [2.05, 4.69) is 46.1 Å². The van der Waals surface area contributed by atoms with E-state index in [0.29, 0.717) is 31.1 Å². The minimum Gasteiger partial charge on any atom is -0.341 e.